The molecular weight excluding hydrogens is 512 g/mol. The van der Waals surface area contributed by atoms with E-state index in [4.69, 9.17) is 4.42 Å². The van der Waals surface area contributed by atoms with Crippen LogP contribution < -0.4 is 16.2 Å². The van der Waals surface area contributed by atoms with E-state index in [1.807, 2.05) is 42.5 Å². The zero-order chi connectivity index (χ0) is 28.2. The first-order valence-electron chi connectivity index (χ1n) is 12.3. The molecule has 5 rings (SSSR count). The van der Waals surface area contributed by atoms with Crippen molar-refractivity contribution in [1.29, 1.82) is 0 Å². The van der Waals surface area contributed by atoms with Gasteiger partial charge in [-0.3, -0.25) is 30.6 Å². The minimum absolute atomic E-state index is 0.0261. The standard InChI is InChI=1S/C30H24N4O6/c1-18(23-8-4-6-19-5-2-3-7-24(19)23)31-22-12-9-20(10-13-22)25-15-16-40-28(25)30(37)33-32-29(36)21-11-14-27(35)26(17-21)34(38)39/h2-18,31,35H,1H3,(H,32,36)(H,33,37). The van der Waals surface area contributed by atoms with Gasteiger partial charge < -0.3 is 14.8 Å². The second-order valence-corrected chi connectivity index (χ2v) is 9.04. The third-order valence-electron chi connectivity index (χ3n) is 6.46. The Morgan fingerprint density at radius 3 is 2.40 bits per heavy atom. The predicted octanol–water partition coefficient (Wildman–Crippen LogP) is 5.96. The average molecular weight is 537 g/mol. The number of carbonyl (C=O) groups is 2. The molecule has 200 valence electrons. The van der Waals surface area contributed by atoms with Crippen LogP contribution in [0, 0.1) is 10.1 Å². The molecule has 0 saturated heterocycles. The van der Waals surface area contributed by atoms with Gasteiger partial charge in [-0.15, -0.1) is 0 Å². The molecule has 10 nitrogen and oxygen atoms in total. The zero-order valence-corrected chi connectivity index (χ0v) is 21.3. The molecule has 0 aliphatic carbocycles. The summed E-state index contributed by atoms with van der Waals surface area (Å²) in [5.74, 6) is -2.12. The third-order valence-corrected chi connectivity index (χ3v) is 6.46. The molecule has 4 aromatic carbocycles. The van der Waals surface area contributed by atoms with Gasteiger partial charge >= 0.3 is 11.6 Å². The summed E-state index contributed by atoms with van der Waals surface area (Å²) in [7, 11) is 0. The lowest BCUT2D eigenvalue weighted by Gasteiger charge is -2.18. The fourth-order valence-corrected chi connectivity index (χ4v) is 4.47. The molecule has 0 spiro atoms. The molecule has 10 heteroatoms. The highest BCUT2D eigenvalue weighted by atomic mass is 16.6. The third kappa shape index (κ3) is 5.32. The SMILES string of the molecule is CC(Nc1ccc(-c2ccoc2C(=O)NNC(=O)c2ccc(O)c([N+](=O)[O-])c2)cc1)c1cccc2ccccc12. The van der Waals surface area contributed by atoms with Crippen LogP contribution in [0.4, 0.5) is 11.4 Å². The summed E-state index contributed by atoms with van der Waals surface area (Å²) in [5.41, 5.74) is 7.02. The number of carbonyl (C=O) groups excluding carboxylic acids is 2. The van der Waals surface area contributed by atoms with E-state index in [0.29, 0.717) is 5.56 Å². The number of hydrogen-bond donors (Lipinski definition) is 4. The van der Waals surface area contributed by atoms with Crippen LogP contribution in [-0.2, 0) is 0 Å². The van der Waals surface area contributed by atoms with Gasteiger partial charge in [0.2, 0.25) is 5.76 Å². The highest BCUT2D eigenvalue weighted by Crippen LogP contribution is 2.30. The van der Waals surface area contributed by atoms with E-state index in [2.05, 4.69) is 47.4 Å². The molecule has 0 aliphatic rings. The Balaban J connectivity index is 1.25. The first kappa shape index (κ1) is 26.0. The Morgan fingerprint density at radius 2 is 1.62 bits per heavy atom. The van der Waals surface area contributed by atoms with Gasteiger partial charge in [-0.25, -0.2) is 0 Å². The van der Waals surface area contributed by atoms with Gasteiger partial charge in [0.1, 0.15) is 0 Å². The molecule has 5 aromatic rings. The van der Waals surface area contributed by atoms with E-state index in [0.717, 1.165) is 23.4 Å². The molecule has 1 unspecified atom stereocenters. The van der Waals surface area contributed by atoms with Gasteiger partial charge in [0.15, 0.2) is 5.75 Å². The van der Waals surface area contributed by atoms with Crippen LogP contribution in [0.3, 0.4) is 0 Å². The van der Waals surface area contributed by atoms with Gasteiger partial charge in [0.05, 0.1) is 11.2 Å². The fourth-order valence-electron chi connectivity index (χ4n) is 4.47. The van der Waals surface area contributed by atoms with Crippen molar-refractivity contribution in [3.05, 3.63) is 124 Å². The number of benzene rings is 4. The van der Waals surface area contributed by atoms with Crippen molar-refractivity contribution in [2.24, 2.45) is 0 Å². The fraction of sp³-hybridized carbons (Fsp3) is 0.0667. The van der Waals surface area contributed by atoms with E-state index in [1.165, 1.54) is 28.7 Å². The Labute approximate surface area is 228 Å². The minimum Gasteiger partial charge on any atom is -0.502 e. The molecule has 2 amide bonds. The second-order valence-electron chi connectivity index (χ2n) is 9.04. The molecule has 0 radical (unpaired) electrons. The predicted molar refractivity (Wildman–Crippen MR) is 150 cm³/mol. The Kier molecular flexibility index (Phi) is 7.14. The molecule has 1 aromatic heterocycles. The number of phenolic OH excluding ortho intramolecular Hbond substituents is 1. The van der Waals surface area contributed by atoms with Gasteiger partial charge in [-0.05, 0) is 59.2 Å². The molecule has 4 N–H and O–H groups in total. The minimum atomic E-state index is -0.815. The molecule has 0 saturated carbocycles. The summed E-state index contributed by atoms with van der Waals surface area (Å²) in [6, 6.07) is 26.8. The highest BCUT2D eigenvalue weighted by Gasteiger charge is 2.20. The van der Waals surface area contributed by atoms with Crippen LogP contribution in [0.25, 0.3) is 21.9 Å². The Morgan fingerprint density at radius 1 is 0.900 bits per heavy atom. The van der Waals surface area contributed by atoms with Crippen molar-refractivity contribution in [1.82, 2.24) is 10.9 Å². The number of nitro groups is 1. The number of rotatable bonds is 7. The number of anilines is 1. The zero-order valence-electron chi connectivity index (χ0n) is 21.3. The lowest BCUT2D eigenvalue weighted by molar-refractivity contribution is -0.385. The lowest BCUT2D eigenvalue weighted by atomic mass is 9.99. The normalized spacial score (nSPS) is 11.5. The summed E-state index contributed by atoms with van der Waals surface area (Å²) in [4.78, 5) is 35.3. The summed E-state index contributed by atoms with van der Waals surface area (Å²) in [6.07, 6.45) is 1.37. The average Bonchev–Trinajstić information content (AvgIpc) is 3.46. The quantitative estimate of drug-likeness (QED) is 0.148. The largest absolute Gasteiger partial charge is 0.502 e. The molecule has 1 atom stereocenters. The lowest BCUT2D eigenvalue weighted by Crippen LogP contribution is -2.41. The number of amides is 2. The number of nitro benzene ring substituents is 1. The summed E-state index contributed by atoms with van der Waals surface area (Å²) in [5, 5.41) is 26.4. The maximum atomic E-state index is 12.8. The van der Waals surface area contributed by atoms with Crippen LogP contribution >= 0.6 is 0 Å². The maximum absolute atomic E-state index is 12.8. The first-order chi connectivity index (χ1) is 19.3. The number of hydrazine groups is 1. The Hall–Kier alpha value is -5.64. The first-order valence-corrected chi connectivity index (χ1v) is 12.3. The summed E-state index contributed by atoms with van der Waals surface area (Å²) in [6.45, 7) is 2.10. The van der Waals surface area contributed by atoms with Crippen LogP contribution in [0.1, 0.15) is 39.4 Å². The molecular formula is C30H24N4O6. The molecule has 1 heterocycles. The maximum Gasteiger partial charge on any atom is 0.311 e. The van der Waals surface area contributed by atoms with Crippen molar-refractivity contribution >= 4 is 34.0 Å². The Bertz CT molecular complexity index is 1720. The number of furan rings is 1. The van der Waals surface area contributed by atoms with Crippen LogP contribution in [-0.4, -0.2) is 21.8 Å². The second kappa shape index (κ2) is 11.0. The van der Waals surface area contributed by atoms with Crippen molar-refractivity contribution in [2.75, 3.05) is 5.32 Å². The summed E-state index contributed by atoms with van der Waals surface area (Å²) < 4.78 is 5.38. The number of phenols is 1. The van der Waals surface area contributed by atoms with Crippen LogP contribution in [0.15, 0.2) is 102 Å². The number of nitrogens with one attached hydrogen (secondary N) is 3. The molecule has 0 fully saturated rings. The van der Waals surface area contributed by atoms with E-state index < -0.39 is 28.2 Å². The van der Waals surface area contributed by atoms with E-state index in [1.54, 1.807) is 6.07 Å². The van der Waals surface area contributed by atoms with Gasteiger partial charge in [-0.1, -0.05) is 54.6 Å². The molecule has 0 bridgehead atoms. The number of aromatic hydroxyl groups is 1. The highest BCUT2D eigenvalue weighted by molar-refractivity contribution is 6.01. The molecule has 40 heavy (non-hydrogen) atoms. The van der Waals surface area contributed by atoms with Crippen LogP contribution in [0.2, 0.25) is 0 Å². The number of fused-ring (bicyclic) bond motifs is 1. The van der Waals surface area contributed by atoms with Crippen molar-refractivity contribution in [3.8, 4) is 16.9 Å². The van der Waals surface area contributed by atoms with Gasteiger partial charge in [-0.2, -0.15) is 0 Å². The monoisotopic (exact) mass is 536 g/mol. The number of nitrogens with zero attached hydrogens (tertiary/aromatic N) is 1. The van der Waals surface area contributed by atoms with Crippen molar-refractivity contribution in [2.45, 2.75) is 13.0 Å². The smallest absolute Gasteiger partial charge is 0.311 e. The van der Waals surface area contributed by atoms with Crippen molar-refractivity contribution in [3.63, 3.8) is 0 Å². The summed E-state index contributed by atoms with van der Waals surface area (Å²) >= 11 is 0. The molecule has 0 aliphatic heterocycles. The number of hydrogen-bond acceptors (Lipinski definition) is 7. The van der Waals surface area contributed by atoms with Gasteiger partial charge in [0.25, 0.3) is 5.91 Å². The topological polar surface area (TPSA) is 147 Å². The van der Waals surface area contributed by atoms with E-state index in [-0.39, 0.29) is 17.4 Å². The van der Waals surface area contributed by atoms with Gasteiger partial charge in [0, 0.05) is 28.9 Å². The van der Waals surface area contributed by atoms with Crippen molar-refractivity contribution < 1.29 is 24.0 Å². The van der Waals surface area contributed by atoms with E-state index in [9.17, 15) is 24.8 Å². The van der Waals surface area contributed by atoms with Crippen LogP contribution in [0.5, 0.6) is 5.75 Å². The van der Waals surface area contributed by atoms with E-state index >= 15 is 0 Å².